The van der Waals surface area contributed by atoms with Crippen molar-refractivity contribution in [2.75, 3.05) is 0 Å². The zero-order valence-electron chi connectivity index (χ0n) is 6.35. The van der Waals surface area contributed by atoms with Crippen molar-refractivity contribution >= 4 is 0 Å². The summed E-state index contributed by atoms with van der Waals surface area (Å²) in [5, 5.41) is 0. The number of hydrogen-bond acceptors (Lipinski definition) is 0. The molecule has 1 saturated carbocycles. The molecule has 2 unspecified atom stereocenters. The van der Waals surface area contributed by atoms with E-state index in [2.05, 4.69) is 17.9 Å². The summed E-state index contributed by atoms with van der Waals surface area (Å²) in [6.07, 6.45) is 6.58. The average Bonchev–Trinajstić information content (AvgIpc) is 2.48. The summed E-state index contributed by atoms with van der Waals surface area (Å²) < 4.78 is 0. The minimum atomic E-state index is 0.845. The first-order valence-electron chi connectivity index (χ1n) is 4.04. The largest absolute Gasteiger partial charge is 0.102 e. The highest BCUT2D eigenvalue weighted by Gasteiger charge is 2.31. The molecule has 0 radical (unpaired) electrons. The summed E-state index contributed by atoms with van der Waals surface area (Å²) in [4.78, 5) is 0. The predicted octanol–water partition coefficient (Wildman–Crippen LogP) is 2.37. The van der Waals surface area contributed by atoms with E-state index >= 15 is 0 Å². The van der Waals surface area contributed by atoms with E-state index in [4.69, 9.17) is 0 Å². The topological polar surface area (TPSA) is 0 Å². The highest BCUT2D eigenvalue weighted by atomic mass is 14.4. The summed E-state index contributed by atoms with van der Waals surface area (Å²) in [6.45, 7) is 1.92. The van der Waals surface area contributed by atoms with Crippen LogP contribution in [-0.4, -0.2) is 0 Å². The molecule has 0 heteroatoms. The molecule has 2 bridgehead atoms. The van der Waals surface area contributed by atoms with E-state index < -0.39 is 0 Å². The molecule has 0 spiro atoms. The van der Waals surface area contributed by atoms with E-state index in [0.29, 0.717) is 0 Å². The van der Waals surface area contributed by atoms with Gasteiger partial charge in [0.25, 0.3) is 0 Å². The van der Waals surface area contributed by atoms with Crippen LogP contribution in [-0.2, 0) is 0 Å². The normalized spacial score (nSPS) is 35.1. The summed E-state index contributed by atoms with van der Waals surface area (Å²) in [5.41, 5.74) is 1.43. The Labute approximate surface area is 62.3 Å². The van der Waals surface area contributed by atoms with Crippen molar-refractivity contribution in [3.63, 3.8) is 0 Å². The van der Waals surface area contributed by atoms with Crippen LogP contribution in [0.25, 0.3) is 0 Å². The van der Waals surface area contributed by atoms with Gasteiger partial charge in [-0.3, -0.25) is 0 Å². The minimum absolute atomic E-state index is 0.845. The molecule has 10 heavy (non-hydrogen) atoms. The Morgan fingerprint density at radius 2 is 2.40 bits per heavy atom. The molecule has 2 atom stereocenters. The fraction of sp³-hybridized carbons (Fsp3) is 0.600. The lowest BCUT2D eigenvalue weighted by molar-refractivity contribution is 0.675. The van der Waals surface area contributed by atoms with Gasteiger partial charge in [-0.25, -0.2) is 0 Å². The fourth-order valence-electron chi connectivity index (χ4n) is 2.13. The summed E-state index contributed by atoms with van der Waals surface area (Å²) >= 11 is 0. The Morgan fingerprint density at radius 3 is 2.90 bits per heavy atom. The molecule has 2 rings (SSSR count). The third-order valence-electron chi connectivity index (χ3n) is 2.60. The molecule has 0 aromatic carbocycles. The zero-order chi connectivity index (χ0) is 6.97. The fourth-order valence-corrected chi connectivity index (χ4v) is 2.13. The van der Waals surface area contributed by atoms with Crippen molar-refractivity contribution in [3.8, 4) is 11.8 Å². The van der Waals surface area contributed by atoms with Gasteiger partial charge in [0.2, 0.25) is 0 Å². The van der Waals surface area contributed by atoms with E-state index in [9.17, 15) is 0 Å². The van der Waals surface area contributed by atoms with E-state index in [1.165, 1.54) is 24.8 Å². The second kappa shape index (κ2) is 2.16. The molecule has 0 nitrogen and oxygen atoms in total. The molecular formula is C10H12. The zero-order valence-corrected chi connectivity index (χ0v) is 6.35. The highest BCUT2D eigenvalue weighted by molar-refractivity contribution is 5.36. The van der Waals surface area contributed by atoms with Crippen molar-refractivity contribution in [1.29, 1.82) is 0 Å². The maximum atomic E-state index is 3.19. The van der Waals surface area contributed by atoms with Gasteiger partial charge in [0.15, 0.2) is 0 Å². The molecule has 2 aliphatic rings. The van der Waals surface area contributed by atoms with E-state index in [1.807, 2.05) is 6.92 Å². The van der Waals surface area contributed by atoms with E-state index in [1.54, 1.807) is 0 Å². The Balaban J connectivity index is 2.22. The lowest BCUT2D eigenvalue weighted by Crippen LogP contribution is -1.93. The van der Waals surface area contributed by atoms with Crippen molar-refractivity contribution < 1.29 is 0 Å². The third-order valence-corrected chi connectivity index (χ3v) is 2.60. The second-order valence-electron chi connectivity index (χ2n) is 3.27. The van der Waals surface area contributed by atoms with Crippen LogP contribution < -0.4 is 0 Å². The minimum Gasteiger partial charge on any atom is -0.102 e. The Morgan fingerprint density at radius 1 is 1.50 bits per heavy atom. The van der Waals surface area contributed by atoms with E-state index in [0.717, 1.165) is 11.8 Å². The number of rotatable bonds is 0. The molecule has 0 N–H and O–H groups in total. The first-order chi connectivity index (χ1) is 4.90. The van der Waals surface area contributed by atoms with Gasteiger partial charge < -0.3 is 0 Å². The monoisotopic (exact) mass is 132 g/mol. The second-order valence-corrected chi connectivity index (χ2v) is 3.27. The van der Waals surface area contributed by atoms with Crippen LogP contribution in [0.4, 0.5) is 0 Å². The lowest BCUT2D eigenvalue weighted by atomic mass is 9.99. The Hall–Kier alpha value is -0.700. The van der Waals surface area contributed by atoms with Crippen LogP contribution in [0, 0.1) is 23.7 Å². The Kier molecular flexibility index (Phi) is 1.31. The highest BCUT2D eigenvalue weighted by Crippen LogP contribution is 2.43. The van der Waals surface area contributed by atoms with Crippen molar-refractivity contribution in [1.82, 2.24) is 0 Å². The molecular weight excluding hydrogens is 120 g/mol. The van der Waals surface area contributed by atoms with Gasteiger partial charge >= 0.3 is 0 Å². The van der Waals surface area contributed by atoms with Crippen LogP contribution in [0.15, 0.2) is 11.6 Å². The average molecular weight is 132 g/mol. The van der Waals surface area contributed by atoms with Gasteiger partial charge in [-0.15, -0.1) is 5.92 Å². The van der Waals surface area contributed by atoms with Gasteiger partial charge in [-0.05, 0) is 38.0 Å². The first-order valence-corrected chi connectivity index (χ1v) is 4.04. The maximum Gasteiger partial charge on any atom is 0.00143 e. The molecule has 0 aromatic heterocycles. The SMILES string of the molecule is CC#CC1=CC2CCC1C2. The van der Waals surface area contributed by atoms with E-state index in [-0.39, 0.29) is 0 Å². The lowest BCUT2D eigenvalue weighted by Gasteiger charge is -2.05. The van der Waals surface area contributed by atoms with Gasteiger partial charge in [0.1, 0.15) is 0 Å². The summed E-state index contributed by atoms with van der Waals surface area (Å²) in [7, 11) is 0. The number of allylic oxidation sites excluding steroid dienone is 2. The molecule has 1 fully saturated rings. The molecule has 52 valence electrons. The molecule has 0 heterocycles. The molecule has 0 aliphatic heterocycles. The van der Waals surface area contributed by atoms with Crippen LogP contribution >= 0.6 is 0 Å². The van der Waals surface area contributed by atoms with Crippen molar-refractivity contribution in [2.24, 2.45) is 11.8 Å². The van der Waals surface area contributed by atoms with Gasteiger partial charge in [0.05, 0.1) is 0 Å². The predicted molar refractivity (Wildman–Crippen MR) is 42.4 cm³/mol. The molecule has 2 aliphatic carbocycles. The van der Waals surface area contributed by atoms with Crippen molar-refractivity contribution in [2.45, 2.75) is 26.2 Å². The van der Waals surface area contributed by atoms with Gasteiger partial charge in [-0.1, -0.05) is 12.0 Å². The van der Waals surface area contributed by atoms with Crippen molar-refractivity contribution in [3.05, 3.63) is 11.6 Å². The summed E-state index contributed by atoms with van der Waals surface area (Å²) in [6, 6.07) is 0. The van der Waals surface area contributed by atoms with Crippen LogP contribution in [0.5, 0.6) is 0 Å². The van der Waals surface area contributed by atoms with Crippen LogP contribution in [0.3, 0.4) is 0 Å². The Bertz CT molecular complexity index is 224. The number of fused-ring (bicyclic) bond motifs is 2. The standard InChI is InChI=1S/C10H12/c1-2-3-9-6-8-4-5-10(9)7-8/h6,8,10H,4-5,7H2,1H3. The first kappa shape index (κ1) is 6.04. The maximum absolute atomic E-state index is 3.19. The smallest absolute Gasteiger partial charge is 0.00143 e. The quantitative estimate of drug-likeness (QED) is 0.444. The van der Waals surface area contributed by atoms with Crippen LogP contribution in [0.2, 0.25) is 0 Å². The van der Waals surface area contributed by atoms with Gasteiger partial charge in [-0.2, -0.15) is 0 Å². The molecule has 0 saturated heterocycles. The molecule has 0 amide bonds. The third kappa shape index (κ3) is 0.778. The molecule has 0 aromatic rings. The summed E-state index contributed by atoms with van der Waals surface area (Å²) in [5.74, 6) is 7.90. The van der Waals surface area contributed by atoms with Crippen LogP contribution in [0.1, 0.15) is 26.2 Å². The van der Waals surface area contributed by atoms with Gasteiger partial charge in [0, 0.05) is 5.57 Å². The number of hydrogen-bond donors (Lipinski definition) is 0.